The van der Waals surface area contributed by atoms with E-state index in [0.29, 0.717) is 0 Å². The third kappa shape index (κ3) is 4.27. The van der Waals surface area contributed by atoms with Crippen molar-refractivity contribution in [3.63, 3.8) is 0 Å². The zero-order valence-electron chi connectivity index (χ0n) is 13.9. The lowest BCUT2D eigenvalue weighted by molar-refractivity contribution is 0.0730. The maximum atomic E-state index is 13.7. The summed E-state index contributed by atoms with van der Waals surface area (Å²) < 4.78 is 58.9. The Bertz CT molecular complexity index is 979. The molecule has 2 aromatic rings. The highest BCUT2D eigenvalue weighted by Crippen LogP contribution is 2.28. The Morgan fingerprint density at radius 3 is 2.52 bits per heavy atom. The molecule has 27 heavy (non-hydrogen) atoms. The van der Waals surface area contributed by atoms with Crippen molar-refractivity contribution >= 4 is 33.2 Å². The van der Waals surface area contributed by atoms with Crippen LogP contribution in [-0.2, 0) is 14.8 Å². The smallest absolute Gasteiger partial charge is 0.258 e. The molecule has 0 unspecified atom stereocenters. The van der Waals surface area contributed by atoms with Gasteiger partial charge in [0.15, 0.2) is 0 Å². The van der Waals surface area contributed by atoms with Crippen LogP contribution in [0, 0.1) is 11.6 Å². The summed E-state index contributed by atoms with van der Waals surface area (Å²) in [7, 11) is -3.89. The average Bonchev–Trinajstić information content (AvgIpc) is 2.65. The number of ether oxygens (including phenoxy) is 1. The van der Waals surface area contributed by atoms with Crippen LogP contribution in [0.15, 0.2) is 41.3 Å². The highest BCUT2D eigenvalue weighted by molar-refractivity contribution is 7.89. The van der Waals surface area contributed by atoms with Crippen LogP contribution < -0.4 is 5.32 Å². The standard InChI is InChI=1S/C17H15ClF2N2O4S/c18-14-3-2-12(21-17(23)13-9-11(19)1-4-15(13)20)10-16(14)27(24,25)22-5-7-26-8-6-22/h1-4,9-10H,5-8H2,(H,21,23). The first-order valence-electron chi connectivity index (χ1n) is 7.93. The number of halogens is 3. The minimum atomic E-state index is -3.89. The van der Waals surface area contributed by atoms with Crippen molar-refractivity contribution in [2.45, 2.75) is 4.90 Å². The molecule has 0 atom stereocenters. The van der Waals surface area contributed by atoms with E-state index in [-0.39, 0.29) is 41.9 Å². The molecule has 0 aliphatic carbocycles. The van der Waals surface area contributed by atoms with E-state index < -0.39 is 33.1 Å². The van der Waals surface area contributed by atoms with E-state index in [0.717, 1.165) is 18.2 Å². The summed E-state index contributed by atoms with van der Waals surface area (Å²) in [5, 5.41) is 2.34. The largest absolute Gasteiger partial charge is 0.379 e. The fraction of sp³-hybridized carbons (Fsp3) is 0.235. The number of nitrogens with one attached hydrogen (secondary N) is 1. The summed E-state index contributed by atoms with van der Waals surface area (Å²) in [4.78, 5) is 12.0. The van der Waals surface area contributed by atoms with E-state index >= 15 is 0 Å². The first-order valence-corrected chi connectivity index (χ1v) is 9.75. The van der Waals surface area contributed by atoms with Crippen LogP contribution in [0.5, 0.6) is 0 Å². The topological polar surface area (TPSA) is 75.7 Å². The molecule has 2 aromatic carbocycles. The van der Waals surface area contributed by atoms with E-state index in [9.17, 15) is 22.0 Å². The fourth-order valence-electron chi connectivity index (χ4n) is 2.57. The summed E-state index contributed by atoms with van der Waals surface area (Å²) in [6.45, 7) is 0.908. The molecule has 0 aromatic heterocycles. The van der Waals surface area contributed by atoms with Crippen molar-refractivity contribution < 1.29 is 26.7 Å². The molecular formula is C17H15ClF2N2O4S. The van der Waals surface area contributed by atoms with Gasteiger partial charge in [0.2, 0.25) is 10.0 Å². The van der Waals surface area contributed by atoms with Crippen molar-refractivity contribution in [2.75, 3.05) is 31.6 Å². The van der Waals surface area contributed by atoms with Gasteiger partial charge in [0.1, 0.15) is 16.5 Å². The predicted molar refractivity (Wildman–Crippen MR) is 95.3 cm³/mol. The normalized spacial score (nSPS) is 15.5. The van der Waals surface area contributed by atoms with Gasteiger partial charge in [-0.3, -0.25) is 4.79 Å². The molecule has 1 N–H and O–H groups in total. The highest BCUT2D eigenvalue weighted by atomic mass is 35.5. The molecule has 1 aliphatic heterocycles. The minimum absolute atomic E-state index is 0.0172. The van der Waals surface area contributed by atoms with Crippen molar-refractivity contribution in [3.8, 4) is 0 Å². The van der Waals surface area contributed by atoms with Crippen LogP contribution in [0.4, 0.5) is 14.5 Å². The second kappa shape index (κ2) is 7.89. The lowest BCUT2D eigenvalue weighted by atomic mass is 10.2. The number of rotatable bonds is 4. The van der Waals surface area contributed by atoms with E-state index in [2.05, 4.69) is 5.32 Å². The van der Waals surface area contributed by atoms with Crippen LogP contribution in [0.25, 0.3) is 0 Å². The molecule has 0 radical (unpaired) electrons. The van der Waals surface area contributed by atoms with Crippen LogP contribution >= 0.6 is 11.6 Å². The summed E-state index contributed by atoms with van der Waals surface area (Å²) in [5.74, 6) is -2.58. The van der Waals surface area contributed by atoms with Gasteiger partial charge in [0.25, 0.3) is 5.91 Å². The quantitative estimate of drug-likeness (QED) is 0.831. The van der Waals surface area contributed by atoms with Crippen LogP contribution in [0.2, 0.25) is 5.02 Å². The Morgan fingerprint density at radius 2 is 1.81 bits per heavy atom. The number of anilines is 1. The van der Waals surface area contributed by atoms with Crippen LogP contribution in [0.1, 0.15) is 10.4 Å². The van der Waals surface area contributed by atoms with Crippen molar-refractivity contribution in [1.82, 2.24) is 4.31 Å². The number of hydrogen-bond donors (Lipinski definition) is 1. The molecule has 0 spiro atoms. The predicted octanol–water partition coefficient (Wildman–Crippen LogP) is 2.89. The number of carbonyl (C=O) groups excluding carboxylic acids is 1. The number of hydrogen-bond acceptors (Lipinski definition) is 4. The number of amides is 1. The molecule has 3 rings (SSSR count). The Balaban J connectivity index is 1.89. The van der Waals surface area contributed by atoms with Crippen molar-refractivity contribution in [3.05, 3.63) is 58.6 Å². The Morgan fingerprint density at radius 1 is 1.11 bits per heavy atom. The summed E-state index contributed by atoms with van der Waals surface area (Å²) in [5.41, 5.74) is -0.414. The monoisotopic (exact) mass is 416 g/mol. The molecule has 1 fully saturated rings. The lowest BCUT2D eigenvalue weighted by Gasteiger charge is -2.26. The Hall–Kier alpha value is -2.07. The molecule has 1 amide bonds. The third-order valence-corrected chi connectivity index (χ3v) is 6.33. The van der Waals surface area contributed by atoms with E-state index in [4.69, 9.17) is 16.3 Å². The van der Waals surface area contributed by atoms with Gasteiger partial charge in [-0.2, -0.15) is 4.31 Å². The lowest BCUT2D eigenvalue weighted by Crippen LogP contribution is -2.40. The van der Waals surface area contributed by atoms with Gasteiger partial charge in [-0.15, -0.1) is 0 Å². The summed E-state index contributed by atoms with van der Waals surface area (Å²) in [6, 6.07) is 6.35. The molecular weight excluding hydrogens is 402 g/mol. The molecule has 144 valence electrons. The number of carbonyl (C=O) groups is 1. The van der Waals surface area contributed by atoms with Crippen molar-refractivity contribution in [1.29, 1.82) is 0 Å². The van der Waals surface area contributed by atoms with Gasteiger partial charge in [0, 0.05) is 18.8 Å². The van der Waals surface area contributed by atoms with Gasteiger partial charge in [-0.05, 0) is 36.4 Å². The molecule has 6 nitrogen and oxygen atoms in total. The molecule has 10 heteroatoms. The van der Waals surface area contributed by atoms with Gasteiger partial charge in [-0.25, -0.2) is 17.2 Å². The second-order valence-corrected chi connectivity index (χ2v) is 8.05. The number of nitrogens with zero attached hydrogens (tertiary/aromatic N) is 1. The first-order chi connectivity index (χ1) is 12.8. The summed E-state index contributed by atoms with van der Waals surface area (Å²) in [6.07, 6.45) is 0. The Labute approximate surface area is 159 Å². The number of sulfonamides is 1. The summed E-state index contributed by atoms with van der Waals surface area (Å²) >= 11 is 6.04. The minimum Gasteiger partial charge on any atom is -0.379 e. The maximum Gasteiger partial charge on any atom is 0.258 e. The van der Waals surface area contributed by atoms with Gasteiger partial charge in [0.05, 0.1) is 23.8 Å². The highest BCUT2D eigenvalue weighted by Gasteiger charge is 2.28. The first kappa shape index (κ1) is 19.7. The molecule has 1 heterocycles. The molecule has 0 saturated carbocycles. The van der Waals surface area contributed by atoms with Crippen molar-refractivity contribution in [2.24, 2.45) is 0 Å². The molecule has 1 saturated heterocycles. The molecule has 1 aliphatic rings. The van der Waals surface area contributed by atoms with E-state index in [1.165, 1.54) is 22.5 Å². The number of benzene rings is 2. The fourth-order valence-corrected chi connectivity index (χ4v) is 4.48. The zero-order chi connectivity index (χ0) is 19.6. The maximum absolute atomic E-state index is 13.7. The number of morpholine rings is 1. The van der Waals surface area contributed by atoms with Gasteiger partial charge in [-0.1, -0.05) is 11.6 Å². The Kier molecular flexibility index (Phi) is 5.75. The SMILES string of the molecule is O=C(Nc1ccc(Cl)c(S(=O)(=O)N2CCOCC2)c1)c1cc(F)ccc1F. The average molecular weight is 417 g/mol. The second-order valence-electron chi connectivity index (χ2n) is 5.74. The van der Waals surface area contributed by atoms with E-state index in [1.807, 2.05) is 0 Å². The van der Waals surface area contributed by atoms with Gasteiger partial charge < -0.3 is 10.1 Å². The zero-order valence-corrected chi connectivity index (χ0v) is 15.5. The van der Waals surface area contributed by atoms with E-state index in [1.54, 1.807) is 0 Å². The molecule has 0 bridgehead atoms. The third-order valence-electron chi connectivity index (χ3n) is 3.95. The van der Waals surface area contributed by atoms with Crippen LogP contribution in [-0.4, -0.2) is 44.9 Å². The van der Waals surface area contributed by atoms with Gasteiger partial charge >= 0.3 is 0 Å². The van der Waals surface area contributed by atoms with Crippen LogP contribution in [0.3, 0.4) is 0 Å².